The lowest BCUT2D eigenvalue weighted by Crippen LogP contribution is -2.41. The van der Waals surface area contributed by atoms with E-state index in [4.69, 9.17) is 10.00 Å². The zero-order valence-corrected chi connectivity index (χ0v) is 11.8. The molecule has 0 amide bonds. The average Bonchev–Trinajstić information content (AvgIpc) is 2.30. The van der Waals surface area contributed by atoms with Crippen LogP contribution in [0.4, 0.5) is 0 Å². The third-order valence-electron chi connectivity index (χ3n) is 2.85. The Morgan fingerprint density at radius 1 is 1.35 bits per heavy atom. The van der Waals surface area contributed by atoms with E-state index in [0.717, 1.165) is 45.7 Å². The smallest absolute Gasteiger partial charge is 0.103 e. The van der Waals surface area contributed by atoms with Crippen molar-refractivity contribution in [2.24, 2.45) is 0 Å². The summed E-state index contributed by atoms with van der Waals surface area (Å²) in [4.78, 5) is 2.25. The number of ether oxygens (including phenoxy) is 1. The molecule has 4 nitrogen and oxygen atoms in total. The van der Waals surface area contributed by atoms with Crippen molar-refractivity contribution in [2.75, 3.05) is 39.9 Å². The molecule has 100 valence electrons. The number of rotatable bonds is 10. The molecule has 17 heavy (non-hydrogen) atoms. The molecule has 4 heteroatoms. The Bertz CT molecular complexity index is 227. The fourth-order valence-corrected chi connectivity index (χ4v) is 1.75. The van der Waals surface area contributed by atoms with Crippen molar-refractivity contribution >= 4 is 0 Å². The fraction of sp³-hybridized carbons (Fsp3) is 0.923. The van der Waals surface area contributed by atoms with Crippen molar-refractivity contribution in [3.05, 3.63) is 0 Å². The van der Waals surface area contributed by atoms with Crippen LogP contribution in [-0.2, 0) is 4.74 Å². The third-order valence-corrected chi connectivity index (χ3v) is 2.85. The van der Waals surface area contributed by atoms with E-state index >= 15 is 0 Å². The SMILES string of the molecule is CCNC(C)(C#N)CCCN(C)CCOCC. The van der Waals surface area contributed by atoms with Crippen LogP contribution in [0.15, 0.2) is 0 Å². The number of nitrogens with zero attached hydrogens (tertiary/aromatic N) is 2. The standard InChI is InChI=1S/C13H27N3O/c1-5-15-13(3,12-14)8-7-9-16(4)10-11-17-6-2/h15H,5-11H2,1-4H3. The molecule has 0 bridgehead atoms. The highest BCUT2D eigenvalue weighted by Crippen LogP contribution is 2.11. The summed E-state index contributed by atoms with van der Waals surface area (Å²) < 4.78 is 5.30. The van der Waals surface area contributed by atoms with E-state index in [0.29, 0.717) is 0 Å². The summed E-state index contributed by atoms with van der Waals surface area (Å²) in [5.74, 6) is 0. The van der Waals surface area contributed by atoms with Gasteiger partial charge in [-0.05, 0) is 46.8 Å². The Morgan fingerprint density at radius 3 is 2.59 bits per heavy atom. The number of likely N-dealkylation sites (N-methyl/N-ethyl adjacent to an activating group) is 1. The topological polar surface area (TPSA) is 48.3 Å². The van der Waals surface area contributed by atoms with Gasteiger partial charge in [0.2, 0.25) is 0 Å². The normalized spacial score (nSPS) is 14.6. The van der Waals surface area contributed by atoms with Crippen LogP contribution >= 0.6 is 0 Å². The van der Waals surface area contributed by atoms with Crippen LogP contribution in [0.3, 0.4) is 0 Å². The number of nitriles is 1. The minimum atomic E-state index is -0.379. The lowest BCUT2D eigenvalue weighted by atomic mass is 9.97. The van der Waals surface area contributed by atoms with Crippen molar-refractivity contribution in [1.29, 1.82) is 5.26 Å². The Hall–Kier alpha value is -0.630. The average molecular weight is 241 g/mol. The molecule has 0 radical (unpaired) electrons. The van der Waals surface area contributed by atoms with Crippen molar-refractivity contribution in [1.82, 2.24) is 10.2 Å². The molecule has 0 heterocycles. The van der Waals surface area contributed by atoms with E-state index in [9.17, 15) is 0 Å². The zero-order valence-electron chi connectivity index (χ0n) is 11.8. The second-order valence-electron chi connectivity index (χ2n) is 4.58. The first-order valence-corrected chi connectivity index (χ1v) is 6.50. The monoisotopic (exact) mass is 241 g/mol. The van der Waals surface area contributed by atoms with Gasteiger partial charge in [0.15, 0.2) is 0 Å². The van der Waals surface area contributed by atoms with E-state index in [1.165, 1.54) is 0 Å². The van der Waals surface area contributed by atoms with Crippen LogP contribution in [-0.4, -0.2) is 50.3 Å². The van der Waals surface area contributed by atoms with Crippen LogP contribution in [0.5, 0.6) is 0 Å². The minimum absolute atomic E-state index is 0.379. The van der Waals surface area contributed by atoms with E-state index in [1.807, 2.05) is 20.8 Å². The maximum atomic E-state index is 9.11. The first-order valence-electron chi connectivity index (χ1n) is 6.50. The molecule has 0 saturated carbocycles. The van der Waals surface area contributed by atoms with Crippen LogP contribution in [0.1, 0.15) is 33.6 Å². The molecule has 1 unspecified atom stereocenters. The summed E-state index contributed by atoms with van der Waals surface area (Å²) in [6.45, 7) is 10.4. The Kier molecular flexibility index (Phi) is 9.06. The van der Waals surface area contributed by atoms with Crippen molar-refractivity contribution in [2.45, 2.75) is 39.2 Å². The highest BCUT2D eigenvalue weighted by molar-refractivity contribution is 5.03. The number of hydrogen-bond donors (Lipinski definition) is 1. The summed E-state index contributed by atoms with van der Waals surface area (Å²) >= 11 is 0. The maximum absolute atomic E-state index is 9.11. The van der Waals surface area contributed by atoms with E-state index in [-0.39, 0.29) is 5.54 Å². The molecule has 0 aromatic rings. The van der Waals surface area contributed by atoms with Gasteiger partial charge in [-0.15, -0.1) is 0 Å². The molecule has 1 atom stereocenters. The molecule has 0 aromatic carbocycles. The molecule has 0 aromatic heterocycles. The fourth-order valence-electron chi connectivity index (χ4n) is 1.75. The molecule has 0 spiro atoms. The van der Waals surface area contributed by atoms with Gasteiger partial charge in [-0.25, -0.2) is 0 Å². The minimum Gasteiger partial charge on any atom is -0.380 e. The Labute approximate surface area is 106 Å². The molecule has 0 aliphatic heterocycles. The number of hydrogen-bond acceptors (Lipinski definition) is 4. The lowest BCUT2D eigenvalue weighted by Gasteiger charge is -2.24. The second-order valence-corrected chi connectivity index (χ2v) is 4.58. The van der Waals surface area contributed by atoms with E-state index < -0.39 is 0 Å². The van der Waals surface area contributed by atoms with Gasteiger partial charge < -0.3 is 9.64 Å². The highest BCUT2D eigenvalue weighted by atomic mass is 16.5. The molecule has 0 aliphatic carbocycles. The first kappa shape index (κ1) is 16.4. The quantitative estimate of drug-likeness (QED) is 0.591. The van der Waals surface area contributed by atoms with Gasteiger partial charge in [0.05, 0.1) is 12.7 Å². The van der Waals surface area contributed by atoms with Gasteiger partial charge in [-0.2, -0.15) is 5.26 Å². The molecule has 0 rings (SSSR count). The largest absolute Gasteiger partial charge is 0.380 e. The number of nitrogens with one attached hydrogen (secondary N) is 1. The van der Waals surface area contributed by atoms with E-state index in [1.54, 1.807) is 0 Å². The molecule has 0 saturated heterocycles. The van der Waals surface area contributed by atoms with Crippen LogP contribution in [0.25, 0.3) is 0 Å². The molecule has 1 N–H and O–H groups in total. The summed E-state index contributed by atoms with van der Waals surface area (Å²) in [5.41, 5.74) is -0.379. The second kappa shape index (κ2) is 9.41. The van der Waals surface area contributed by atoms with Gasteiger partial charge in [-0.3, -0.25) is 5.32 Å². The Balaban J connectivity index is 3.70. The molecule has 0 fully saturated rings. The van der Waals surface area contributed by atoms with Gasteiger partial charge in [0, 0.05) is 13.2 Å². The van der Waals surface area contributed by atoms with Crippen LogP contribution < -0.4 is 5.32 Å². The predicted molar refractivity (Wildman–Crippen MR) is 70.9 cm³/mol. The van der Waals surface area contributed by atoms with Gasteiger partial charge >= 0.3 is 0 Å². The molecular formula is C13H27N3O. The third kappa shape index (κ3) is 8.14. The maximum Gasteiger partial charge on any atom is 0.103 e. The summed E-state index contributed by atoms with van der Waals surface area (Å²) in [6, 6.07) is 2.35. The van der Waals surface area contributed by atoms with Crippen molar-refractivity contribution in [3.63, 3.8) is 0 Å². The summed E-state index contributed by atoms with van der Waals surface area (Å²) in [6.07, 6.45) is 1.91. The zero-order chi connectivity index (χ0) is 13.1. The Morgan fingerprint density at radius 2 is 2.06 bits per heavy atom. The van der Waals surface area contributed by atoms with Gasteiger partial charge in [0.25, 0.3) is 0 Å². The molecular weight excluding hydrogens is 214 g/mol. The first-order chi connectivity index (χ1) is 8.08. The van der Waals surface area contributed by atoms with Crippen molar-refractivity contribution in [3.8, 4) is 6.07 Å². The lowest BCUT2D eigenvalue weighted by molar-refractivity contribution is 0.121. The van der Waals surface area contributed by atoms with Crippen LogP contribution in [0, 0.1) is 11.3 Å². The van der Waals surface area contributed by atoms with E-state index in [2.05, 4.69) is 23.3 Å². The van der Waals surface area contributed by atoms with Gasteiger partial charge in [0.1, 0.15) is 5.54 Å². The summed E-state index contributed by atoms with van der Waals surface area (Å²) in [5, 5.41) is 12.3. The molecule has 0 aliphatic rings. The van der Waals surface area contributed by atoms with Crippen molar-refractivity contribution < 1.29 is 4.74 Å². The van der Waals surface area contributed by atoms with Gasteiger partial charge in [-0.1, -0.05) is 6.92 Å². The summed E-state index contributed by atoms with van der Waals surface area (Å²) in [7, 11) is 2.09. The highest BCUT2D eigenvalue weighted by Gasteiger charge is 2.21. The predicted octanol–water partition coefficient (Wildman–Crippen LogP) is 1.63. The van der Waals surface area contributed by atoms with Crippen LogP contribution in [0.2, 0.25) is 0 Å².